The third-order valence-corrected chi connectivity index (χ3v) is 2.61. The molecule has 15 heavy (non-hydrogen) atoms. The van der Waals surface area contributed by atoms with Crippen LogP contribution in [0.5, 0.6) is 0 Å². The molecule has 1 atom stereocenters. The van der Waals surface area contributed by atoms with Crippen LogP contribution in [0.4, 0.5) is 0 Å². The fourth-order valence-corrected chi connectivity index (χ4v) is 1.58. The number of likely N-dealkylation sites (N-methyl/N-ethyl adjacent to an activating group) is 2. The molecule has 0 saturated carbocycles. The van der Waals surface area contributed by atoms with Crippen LogP contribution in [0.2, 0.25) is 0 Å². The van der Waals surface area contributed by atoms with Gasteiger partial charge in [0.25, 0.3) is 0 Å². The van der Waals surface area contributed by atoms with Crippen LogP contribution in [0.1, 0.15) is 12.8 Å². The predicted octanol–water partition coefficient (Wildman–Crippen LogP) is -0.715. The van der Waals surface area contributed by atoms with E-state index in [0.29, 0.717) is 0 Å². The molecule has 1 fully saturated rings. The Morgan fingerprint density at radius 2 is 2.00 bits per heavy atom. The average molecular weight is 213 g/mol. The third-order valence-electron chi connectivity index (χ3n) is 2.61. The van der Waals surface area contributed by atoms with Gasteiger partial charge in [-0.3, -0.25) is 9.59 Å². The summed E-state index contributed by atoms with van der Waals surface area (Å²) in [5, 5.41) is 3.12. The van der Waals surface area contributed by atoms with Crippen LogP contribution in [-0.2, 0) is 9.59 Å². The van der Waals surface area contributed by atoms with Crippen LogP contribution in [0.25, 0.3) is 0 Å². The lowest BCUT2D eigenvalue weighted by Gasteiger charge is -2.22. The molecule has 1 aliphatic heterocycles. The Labute approximate surface area is 90.4 Å². The fourth-order valence-electron chi connectivity index (χ4n) is 1.58. The molecule has 1 aliphatic rings. The summed E-state index contributed by atoms with van der Waals surface area (Å²) in [6.07, 6.45) is 1.91. The van der Waals surface area contributed by atoms with E-state index in [1.54, 1.807) is 21.1 Å². The van der Waals surface area contributed by atoms with E-state index in [0.717, 1.165) is 19.4 Å². The minimum Gasteiger partial charge on any atom is -0.347 e. The Balaban J connectivity index is 2.42. The number of carbonyl (C=O) groups excluding carboxylic acids is 2. The fraction of sp³-hybridized carbons (Fsp3) is 0.800. The van der Waals surface area contributed by atoms with E-state index >= 15 is 0 Å². The standard InChI is InChI=1S/C10H19N3O2/c1-12(2)9(14)7-13(3)10(15)8-5-4-6-11-8/h8,11H,4-7H2,1-3H3. The molecule has 0 aliphatic carbocycles. The van der Waals surface area contributed by atoms with Crippen LogP contribution >= 0.6 is 0 Å². The van der Waals surface area contributed by atoms with Crippen molar-refractivity contribution >= 4 is 11.8 Å². The van der Waals surface area contributed by atoms with Gasteiger partial charge in [0, 0.05) is 21.1 Å². The summed E-state index contributed by atoms with van der Waals surface area (Å²) in [6.45, 7) is 1.05. The van der Waals surface area contributed by atoms with Gasteiger partial charge in [0.2, 0.25) is 11.8 Å². The van der Waals surface area contributed by atoms with Crippen molar-refractivity contribution in [1.29, 1.82) is 0 Å². The van der Waals surface area contributed by atoms with E-state index < -0.39 is 0 Å². The number of rotatable bonds is 3. The van der Waals surface area contributed by atoms with E-state index in [4.69, 9.17) is 0 Å². The van der Waals surface area contributed by atoms with Gasteiger partial charge in [0.15, 0.2) is 0 Å². The molecular formula is C10H19N3O2. The van der Waals surface area contributed by atoms with Gasteiger partial charge < -0.3 is 15.1 Å². The molecule has 0 aromatic heterocycles. The molecular weight excluding hydrogens is 194 g/mol. The van der Waals surface area contributed by atoms with Crippen molar-refractivity contribution < 1.29 is 9.59 Å². The second kappa shape index (κ2) is 5.11. The molecule has 0 bridgehead atoms. The number of carbonyl (C=O) groups is 2. The van der Waals surface area contributed by atoms with Crippen molar-refractivity contribution in [2.24, 2.45) is 0 Å². The first-order chi connectivity index (χ1) is 7.02. The third kappa shape index (κ3) is 3.20. The van der Waals surface area contributed by atoms with Gasteiger partial charge in [-0.2, -0.15) is 0 Å². The largest absolute Gasteiger partial charge is 0.347 e. The minimum atomic E-state index is -0.0926. The lowest BCUT2D eigenvalue weighted by Crippen LogP contribution is -2.45. The SMILES string of the molecule is CN(C)C(=O)CN(C)C(=O)C1CCCN1. The summed E-state index contributed by atoms with van der Waals surface area (Å²) in [6, 6.07) is -0.0926. The van der Waals surface area contributed by atoms with E-state index in [9.17, 15) is 9.59 Å². The Morgan fingerprint density at radius 3 is 2.47 bits per heavy atom. The summed E-state index contributed by atoms with van der Waals surface area (Å²) in [5.74, 6) is -0.0356. The first kappa shape index (κ1) is 12.0. The highest BCUT2D eigenvalue weighted by Gasteiger charge is 2.25. The Morgan fingerprint density at radius 1 is 1.33 bits per heavy atom. The van der Waals surface area contributed by atoms with Gasteiger partial charge in [-0.25, -0.2) is 0 Å². The second-order valence-corrected chi connectivity index (χ2v) is 4.13. The topological polar surface area (TPSA) is 52.7 Å². The molecule has 0 spiro atoms. The lowest BCUT2D eigenvalue weighted by atomic mass is 10.2. The van der Waals surface area contributed by atoms with Crippen LogP contribution in [0, 0.1) is 0 Å². The number of nitrogens with one attached hydrogen (secondary N) is 1. The van der Waals surface area contributed by atoms with Crippen molar-refractivity contribution in [2.75, 3.05) is 34.2 Å². The maximum Gasteiger partial charge on any atom is 0.241 e. The van der Waals surface area contributed by atoms with Crippen molar-refractivity contribution in [3.8, 4) is 0 Å². The maximum absolute atomic E-state index is 11.8. The number of nitrogens with zero attached hydrogens (tertiary/aromatic N) is 2. The number of hydrogen-bond donors (Lipinski definition) is 1. The molecule has 1 unspecified atom stereocenters. The molecule has 1 saturated heterocycles. The zero-order chi connectivity index (χ0) is 11.4. The number of hydrogen-bond acceptors (Lipinski definition) is 3. The summed E-state index contributed by atoms with van der Waals surface area (Å²) in [4.78, 5) is 26.2. The number of amides is 2. The Bertz CT molecular complexity index is 247. The summed E-state index contributed by atoms with van der Waals surface area (Å²) < 4.78 is 0. The van der Waals surface area contributed by atoms with Crippen molar-refractivity contribution in [1.82, 2.24) is 15.1 Å². The predicted molar refractivity (Wildman–Crippen MR) is 57.4 cm³/mol. The van der Waals surface area contributed by atoms with Crippen molar-refractivity contribution in [2.45, 2.75) is 18.9 Å². The van der Waals surface area contributed by atoms with Crippen LogP contribution < -0.4 is 5.32 Å². The summed E-state index contributed by atoms with van der Waals surface area (Å²) in [7, 11) is 5.05. The highest BCUT2D eigenvalue weighted by Crippen LogP contribution is 2.07. The normalized spacial score (nSPS) is 20.1. The van der Waals surface area contributed by atoms with Crippen LogP contribution in [0.3, 0.4) is 0 Å². The van der Waals surface area contributed by atoms with Gasteiger partial charge in [0.05, 0.1) is 12.6 Å². The van der Waals surface area contributed by atoms with E-state index in [1.807, 2.05) is 0 Å². The average Bonchev–Trinajstić information content (AvgIpc) is 2.68. The highest BCUT2D eigenvalue weighted by molar-refractivity contribution is 5.87. The minimum absolute atomic E-state index is 0.0164. The quantitative estimate of drug-likeness (QED) is 0.673. The molecule has 0 radical (unpaired) electrons. The van der Waals surface area contributed by atoms with Crippen molar-refractivity contribution in [3.05, 3.63) is 0 Å². The first-order valence-electron chi connectivity index (χ1n) is 5.21. The molecule has 0 aromatic rings. The zero-order valence-electron chi connectivity index (χ0n) is 9.62. The molecule has 2 amide bonds. The smallest absolute Gasteiger partial charge is 0.241 e. The summed E-state index contributed by atoms with van der Waals surface area (Å²) >= 11 is 0. The van der Waals surface area contributed by atoms with Gasteiger partial charge in [0.1, 0.15) is 0 Å². The molecule has 5 heteroatoms. The van der Waals surface area contributed by atoms with E-state index in [-0.39, 0.29) is 24.4 Å². The monoisotopic (exact) mass is 213 g/mol. The van der Waals surface area contributed by atoms with Gasteiger partial charge >= 0.3 is 0 Å². The van der Waals surface area contributed by atoms with Gasteiger partial charge in [-0.1, -0.05) is 0 Å². The van der Waals surface area contributed by atoms with E-state index in [1.165, 1.54) is 9.80 Å². The molecule has 86 valence electrons. The van der Waals surface area contributed by atoms with Crippen LogP contribution in [-0.4, -0.2) is 61.9 Å². The highest BCUT2D eigenvalue weighted by atomic mass is 16.2. The van der Waals surface area contributed by atoms with Gasteiger partial charge in [-0.15, -0.1) is 0 Å². The maximum atomic E-state index is 11.8. The Kier molecular flexibility index (Phi) is 4.08. The van der Waals surface area contributed by atoms with Crippen LogP contribution in [0.15, 0.2) is 0 Å². The van der Waals surface area contributed by atoms with Gasteiger partial charge in [-0.05, 0) is 19.4 Å². The molecule has 1 heterocycles. The Hall–Kier alpha value is -1.10. The summed E-state index contributed by atoms with van der Waals surface area (Å²) in [5.41, 5.74) is 0. The van der Waals surface area contributed by atoms with E-state index in [2.05, 4.69) is 5.32 Å². The molecule has 1 N–H and O–H groups in total. The molecule has 0 aromatic carbocycles. The van der Waals surface area contributed by atoms with Crippen molar-refractivity contribution in [3.63, 3.8) is 0 Å². The zero-order valence-corrected chi connectivity index (χ0v) is 9.62. The first-order valence-corrected chi connectivity index (χ1v) is 5.21. The lowest BCUT2D eigenvalue weighted by molar-refractivity contribution is -0.139. The second-order valence-electron chi connectivity index (χ2n) is 4.13. The molecule has 1 rings (SSSR count). The molecule has 5 nitrogen and oxygen atoms in total.